The summed E-state index contributed by atoms with van der Waals surface area (Å²) in [7, 11) is 2.12. The zero-order valence-corrected chi connectivity index (χ0v) is 18.0. The quantitative estimate of drug-likeness (QED) is 0.682. The highest BCUT2D eigenvalue weighted by Crippen LogP contribution is 2.40. The Morgan fingerprint density at radius 1 is 1.07 bits per heavy atom. The second-order valence-electron chi connectivity index (χ2n) is 7.83. The molecular formula is C22H34F2N4O2. The summed E-state index contributed by atoms with van der Waals surface area (Å²) in [6.07, 6.45) is 7.96. The van der Waals surface area contributed by atoms with Crippen LogP contribution in [-0.4, -0.2) is 50.3 Å². The average molecular weight is 425 g/mol. The number of piperidine rings is 1. The summed E-state index contributed by atoms with van der Waals surface area (Å²) < 4.78 is 23.5. The van der Waals surface area contributed by atoms with Gasteiger partial charge in [-0.2, -0.15) is 0 Å². The van der Waals surface area contributed by atoms with Crippen molar-refractivity contribution >= 4 is 12.1 Å². The number of hydrogen-bond donors (Lipinski definition) is 3. The Bertz CT molecular complexity index is 688. The minimum atomic E-state index is -0.201. The van der Waals surface area contributed by atoms with Gasteiger partial charge in [0.25, 0.3) is 0 Å². The molecule has 0 unspecified atom stereocenters. The number of alkyl halides is 1. The third-order valence-corrected chi connectivity index (χ3v) is 5.34. The molecule has 4 rings (SSSR count). The maximum absolute atomic E-state index is 14.0. The van der Waals surface area contributed by atoms with Gasteiger partial charge in [-0.05, 0) is 62.5 Å². The zero-order chi connectivity index (χ0) is 21.9. The van der Waals surface area contributed by atoms with Gasteiger partial charge >= 0.3 is 12.1 Å². The fraction of sp³-hybridized carbons (Fsp3) is 0.636. The van der Waals surface area contributed by atoms with Crippen LogP contribution in [0.1, 0.15) is 62.0 Å². The minimum absolute atomic E-state index is 0.0625. The summed E-state index contributed by atoms with van der Waals surface area (Å²) >= 11 is 0. The van der Waals surface area contributed by atoms with Crippen molar-refractivity contribution in [3.8, 4) is 0 Å². The number of carbonyl (C=O) groups excluding carboxylic acids is 2. The number of rotatable bonds is 4. The summed E-state index contributed by atoms with van der Waals surface area (Å²) in [5.41, 5.74) is 1.66. The van der Waals surface area contributed by atoms with Crippen LogP contribution in [0.2, 0.25) is 0 Å². The molecule has 1 aromatic rings. The van der Waals surface area contributed by atoms with Gasteiger partial charge in [0.2, 0.25) is 0 Å². The fourth-order valence-electron chi connectivity index (χ4n) is 3.24. The number of halogens is 2. The largest absolute Gasteiger partial charge is 0.341 e. The van der Waals surface area contributed by atoms with Crippen molar-refractivity contribution in [3.05, 3.63) is 35.1 Å². The van der Waals surface area contributed by atoms with Crippen LogP contribution in [0, 0.1) is 5.82 Å². The molecule has 1 aromatic carbocycles. The van der Waals surface area contributed by atoms with Gasteiger partial charge in [0, 0.05) is 38.3 Å². The van der Waals surface area contributed by atoms with Crippen LogP contribution in [0.15, 0.2) is 18.2 Å². The first-order valence-corrected chi connectivity index (χ1v) is 10.7. The van der Waals surface area contributed by atoms with Crippen LogP contribution in [0.5, 0.6) is 0 Å². The topological polar surface area (TPSA) is 73.5 Å². The van der Waals surface area contributed by atoms with E-state index >= 15 is 0 Å². The highest BCUT2D eigenvalue weighted by atomic mass is 19.1. The molecule has 30 heavy (non-hydrogen) atoms. The average Bonchev–Trinajstić information content (AvgIpc) is 3.70. The lowest BCUT2D eigenvalue weighted by atomic mass is 10.1. The Morgan fingerprint density at radius 3 is 2.27 bits per heavy atom. The second-order valence-corrected chi connectivity index (χ2v) is 7.83. The van der Waals surface area contributed by atoms with Crippen molar-refractivity contribution in [2.24, 2.45) is 0 Å². The van der Waals surface area contributed by atoms with E-state index in [4.69, 9.17) is 0 Å². The summed E-state index contributed by atoms with van der Waals surface area (Å²) in [6, 6.07) is 5.75. The molecule has 1 heterocycles. The number of carbonyl (C=O) groups is 2. The summed E-state index contributed by atoms with van der Waals surface area (Å²) in [5.74, 6) is 0.356. The van der Waals surface area contributed by atoms with Gasteiger partial charge in [-0.15, -0.1) is 0 Å². The third kappa shape index (κ3) is 8.16. The molecule has 6 nitrogen and oxygen atoms in total. The van der Waals surface area contributed by atoms with Crippen LogP contribution < -0.4 is 16.0 Å². The number of likely N-dealkylation sites (tertiary alicyclic amines) is 1. The Hall–Kier alpha value is -2.38. The predicted molar refractivity (Wildman–Crippen MR) is 114 cm³/mol. The van der Waals surface area contributed by atoms with Crippen molar-refractivity contribution in [1.82, 2.24) is 20.9 Å². The smallest absolute Gasteiger partial charge is 0.317 e. The highest BCUT2D eigenvalue weighted by Gasteiger charge is 2.24. The first-order chi connectivity index (χ1) is 14.6. The van der Waals surface area contributed by atoms with E-state index in [2.05, 4.69) is 16.0 Å². The standard InChI is InChI=1S/C16H21FN2O.C5H10N2O.CH3F/c17-15-10-13(12-4-5-12)6-7-14(15)11-18-16(20)19-8-2-1-3-9-19;1-6-5(8)7-4-2-3-4;1-2/h6-7,10,12H,1-5,8-9,11H2,(H,18,20);4H,2-3H2,1H3,(H2,6,7,8);1H3. The van der Waals surface area contributed by atoms with E-state index < -0.39 is 0 Å². The molecule has 2 aliphatic carbocycles. The van der Waals surface area contributed by atoms with Gasteiger partial charge in [-0.3, -0.25) is 4.39 Å². The SMILES string of the molecule is CF.CNC(=O)NC1CC1.O=C(NCc1ccc(C2CC2)cc1F)N1CCCCC1. The minimum Gasteiger partial charge on any atom is -0.341 e. The van der Waals surface area contributed by atoms with Crippen LogP contribution >= 0.6 is 0 Å². The first-order valence-electron chi connectivity index (χ1n) is 10.7. The highest BCUT2D eigenvalue weighted by molar-refractivity contribution is 5.74. The molecule has 1 aliphatic heterocycles. The molecule has 0 atom stereocenters. The Kier molecular flexibility index (Phi) is 9.83. The fourth-order valence-corrected chi connectivity index (χ4v) is 3.24. The molecule has 0 radical (unpaired) electrons. The second kappa shape index (κ2) is 12.3. The monoisotopic (exact) mass is 424 g/mol. The zero-order valence-electron chi connectivity index (χ0n) is 18.0. The Morgan fingerprint density at radius 2 is 1.73 bits per heavy atom. The van der Waals surface area contributed by atoms with E-state index in [0.29, 0.717) is 24.7 Å². The Labute approximate surface area is 177 Å². The van der Waals surface area contributed by atoms with Crippen molar-refractivity contribution < 1.29 is 18.4 Å². The summed E-state index contributed by atoms with van der Waals surface area (Å²) in [5, 5.41) is 8.06. The van der Waals surface area contributed by atoms with Crippen molar-refractivity contribution in [3.63, 3.8) is 0 Å². The number of amides is 4. The van der Waals surface area contributed by atoms with Gasteiger partial charge in [-0.1, -0.05) is 12.1 Å². The van der Waals surface area contributed by atoms with E-state index in [1.165, 1.54) is 19.3 Å². The number of benzene rings is 1. The van der Waals surface area contributed by atoms with E-state index in [-0.39, 0.29) is 24.4 Å². The van der Waals surface area contributed by atoms with Gasteiger partial charge in [0.15, 0.2) is 0 Å². The van der Waals surface area contributed by atoms with Crippen LogP contribution in [0.25, 0.3) is 0 Å². The number of nitrogens with zero attached hydrogens (tertiary/aromatic N) is 1. The number of urea groups is 2. The molecule has 1 saturated heterocycles. The van der Waals surface area contributed by atoms with Crippen LogP contribution in [0.3, 0.4) is 0 Å². The molecule has 3 N–H and O–H groups in total. The van der Waals surface area contributed by atoms with Crippen molar-refractivity contribution in [1.29, 1.82) is 0 Å². The van der Waals surface area contributed by atoms with Gasteiger partial charge in [-0.25, -0.2) is 14.0 Å². The number of hydrogen-bond acceptors (Lipinski definition) is 2. The normalized spacial score (nSPS) is 17.5. The Balaban J connectivity index is 0.000000269. The number of nitrogens with one attached hydrogen (secondary N) is 3. The molecule has 0 aromatic heterocycles. The van der Waals surface area contributed by atoms with Crippen molar-refractivity contribution in [2.75, 3.05) is 27.3 Å². The molecule has 4 amide bonds. The van der Waals surface area contributed by atoms with E-state index in [1.54, 1.807) is 19.2 Å². The predicted octanol–water partition coefficient (Wildman–Crippen LogP) is 4.06. The summed E-state index contributed by atoms with van der Waals surface area (Å²) in [4.78, 5) is 24.2. The van der Waals surface area contributed by atoms with Gasteiger partial charge in [0.05, 0.1) is 7.18 Å². The molecule has 3 fully saturated rings. The lowest BCUT2D eigenvalue weighted by Crippen LogP contribution is -2.42. The lowest BCUT2D eigenvalue weighted by molar-refractivity contribution is 0.186. The van der Waals surface area contributed by atoms with Crippen LogP contribution in [-0.2, 0) is 6.54 Å². The molecular weight excluding hydrogens is 390 g/mol. The van der Waals surface area contributed by atoms with E-state index in [0.717, 1.165) is 44.3 Å². The molecule has 2 saturated carbocycles. The van der Waals surface area contributed by atoms with E-state index in [9.17, 15) is 18.4 Å². The maximum atomic E-state index is 14.0. The molecule has 3 aliphatic rings. The molecule has 168 valence electrons. The van der Waals surface area contributed by atoms with Gasteiger partial charge < -0.3 is 20.9 Å². The third-order valence-electron chi connectivity index (χ3n) is 5.34. The molecule has 8 heteroatoms. The van der Waals surface area contributed by atoms with Crippen molar-refractivity contribution in [2.45, 2.75) is 63.5 Å². The van der Waals surface area contributed by atoms with E-state index in [1.807, 2.05) is 11.0 Å². The lowest BCUT2D eigenvalue weighted by Gasteiger charge is -2.26. The van der Waals surface area contributed by atoms with Crippen LogP contribution in [0.4, 0.5) is 18.4 Å². The first kappa shape index (κ1) is 23.9. The molecule has 0 spiro atoms. The van der Waals surface area contributed by atoms with Gasteiger partial charge in [0.1, 0.15) is 5.82 Å². The summed E-state index contributed by atoms with van der Waals surface area (Å²) in [6.45, 7) is 1.90. The maximum Gasteiger partial charge on any atom is 0.317 e. The molecule has 0 bridgehead atoms.